The van der Waals surface area contributed by atoms with Crippen molar-refractivity contribution in [3.05, 3.63) is 46.4 Å². The van der Waals surface area contributed by atoms with Crippen molar-refractivity contribution in [2.75, 3.05) is 6.26 Å². The Morgan fingerprint density at radius 1 is 1.28 bits per heavy atom. The number of aldehydes is 1. The molecule has 0 N–H and O–H groups in total. The lowest BCUT2D eigenvalue weighted by atomic mass is 9.86. The van der Waals surface area contributed by atoms with Crippen molar-refractivity contribution >= 4 is 16.1 Å². The molecule has 4 heteroatoms. The van der Waals surface area contributed by atoms with Gasteiger partial charge in [0, 0.05) is 12.2 Å². The van der Waals surface area contributed by atoms with Gasteiger partial charge in [0.25, 0.3) is 0 Å². The lowest BCUT2D eigenvalue weighted by Gasteiger charge is -2.21. The summed E-state index contributed by atoms with van der Waals surface area (Å²) in [5.74, 6) is 0.264. The van der Waals surface area contributed by atoms with Gasteiger partial charge in [-0.2, -0.15) is 0 Å². The van der Waals surface area contributed by atoms with Gasteiger partial charge >= 0.3 is 0 Å². The first-order chi connectivity index (χ1) is 8.50. The summed E-state index contributed by atoms with van der Waals surface area (Å²) in [5, 5.41) is 0. The van der Waals surface area contributed by atoms with Gasteiger partial charge in [-0.3, -0.25) is 4.79 Å². The highest BCUT2D eigenvalue weighted by atomic mass is 32.2. The Kier molecular flexibility index (Phi) is 3.66. The fourth-order valence-electron chi connectivity index (χ4n) is 2.23. The van der Waals surface area contributed by atoms with Crippen LogP contribution in [-0.2, 0) is 14.6 Å². The van der Waals surface area contributed by atoms with E-state index < -0.39 is 9.84 Å². The quantitative estimate of drug-likeness (QED) is 0.735. The highest BCUT2D eigenvalue weighted by molar-refractivity contribution is 7.94. The van der Waals surface area contributed by atoms with E-state index in [1.807, 2.05) is 18.2 Å². The van der Waals surface area contributed by atoms with Crippen LogP contribution in [0.2, 0.25) is 0 Å². The monoisotopic (exact) mass is 264 g/mol. The Bertz CT molecular complexity index is 574. The summed E-state index contributed by atoms with van der Waals surface area (Å²) in [6.07, 6.45) is 13.7. The molecule has 0 radical (unpaired) electrons. The molecule has 1 unspecified atom stereocenters. The maximum atomic E-state index is 11.4. The van der Waals surface area contributed by atoms with Gasteiger partial charge in [-0.1, -0.05) is 29.9 Å². The number of rotatable bonds is 3. The summed E-state index contributed by atoms with van der Waals surface area (Å²) in [5.41, 5.74) is 2.09. The van der Waals surface area contributed by atoms with E-state index in [0.29, 0.717) is 4.91 Å². The summed E-state index contributed by atoms with van der Waals surface area (Å²) in [4.78, 5) is 11.0. The van der Waals surface area contributed by atoms with Crippen molar-refractivity contribution in [1.29, 1.82) is 0 Å². The third-order valence-corrected chi connectivity index (χ3v) is 4.49. The van der Waals surface area contributed by atoms with Crippen LogP contribution in [0.15, 0.2) is 46.4 Å². The van der Waals surface area contributed by atoms with Gasteiger partial charge in [0.2, 0.25) is 0 Å². The van der Waals surface area contributed by atoms with E-state index in [0.717, 1.165) is 31.1 Å². The standard InChI is InChI=1S/C14H16O3S/c1-18(16,17)14-8-6-13(7-9-14)12-4-2-11(10-15)3-5-12/h2,4,6,8-10,13H,3,5,7H2,1H3. The van der Waals surface area contributed by atoms with Gasteiger partial charge in [-0.05, 0) is 30.9 Å². The van der Waals surface area contributed by atoms with Crippen LogP contribution in [0.4, 0.5) is 0 Å². The molecule has 0 heterocycles. The van der Waals surface area contributed by atoms with Crippen LogP contribution in [0.3, 0.4) is 0 Å². The lowest BCUT2D eigenvalue weighted by molar-refractivity contribution is -0.105. The average molecular weight is 264 g/mol. The van der Waals surface area contributed by atoms with Crippen LogP contribution in [-0.4, -0.2) is 21.0 Å². The van der Waals surface area contributed by atoms with E-state index in [2.05, 4.69) is 0 Å². The first-order valence-corrected chi connectivity index (χ1v) is 7.83. The van der Waals surface area contributed by atoms with Crippen molar-refractivity contribution in [2.45, 2.75) is 19.3 Å². The van der Waals surface area contributed by atoms with Crippen LogP contribution in [0.1, 0.15) is 19.3 Å². The summed E-state index contributed by atoms with van der Waals surface area (Å²) < 4.78 is 22.7. The first-order valence-electron chi connectivity index (χ1n) is 5.94. The topological polar surface area (TPSA) is 51.2 Å². The van der Waals surface area contributed by atoms with E-state index in [1.165, 1.54) is 11.8 Å². The van der Waals surface area contributed by atoms with E-state index >= 15 is 0 Å². The zero-order chi connectivity index (χ0) is 13.2. The Labute approximate surface area is 108 Å². The number of sulfone groups is 1. The molecule has 0 bridgehead atoms. The Balaban J connectivity index is 2.11. The summed E-state index contributed by atoms with van der Waals surface area (Å²) in [7, 11) is -3.10. The minimum Gasteiger partial charge on any atom is -0.298 e. The smallest absolute Gasteiger partial charge is 0.175 e. The average Bonchev–Trinajstić information content (AvgIpc) is 2.38. The minimum atomic E-state index is -3.10. The fourth-order valence-corrected chi connectivity index (χ4v) is 2.95. The van der Waals surface area contributed by atoms with E-state index in [9.17, 15) is 13.2 Å². The van der Waals surface area contributed by atoms with E-state index in [-0.39, 0.29) is 5.92 Å². The number of hydrogen-bond acceptors (Lipinski definition) is 3. The van der Waals surface area contributed by atoms with Gasteiger partial charge < -0.3 is 0 Å². The zero-order valence-electron chi connectivity index (χ0n) is 10.3. The van der Waals surface area contributed by atoms with E-state index in [4.69, 9.17) is 0 Å². The third-order valence-electron chi connectivity index (χ3n) is 3.34. The minimum absolute atomic E-state index is 0.264. The van der Waals surface area contributed by atoms with Crippen molar-refractivity contribution in [3.63, 3.8) is 0 Å². The molecule has 96 valence electrons. The molecule has 3 nitrogen and oxygen atoms in total. The number of allylic oxidation sites excluding steroid dienone is 7. The zero-order valence-corrected chi connectivity index (χ0v) is 11.1. The Hall–Kier alpha value is -1.42. The SMILES string of the molecule is CS(=O)(=O)C1=CCC(C2=CC=C(C=O)CC2)C=C1. The summed E-state index contributed by atoms with van der Waals surface area (Å²) in [6, 6.07) is 0. The second-order valence-corrected chi connectivity index (χ2v) is 6.70. The molecule has 0 aromatic rings. The molecule has 18 heavy (non-hydrogen) atoms. The summed E-state index contributed by atoms with van der Waals surface area (Å²) >= 11 is 0. The van der Waals surface area contributed by atoms with Crippen LogP contribution in [0.25, 0.3) is 0 Å². The summed E-state index contributed by atoms with van der Waals surface area (Å²) in [6.45, 7) is 0. The maximum Gasteiger partial charge on any atom is 0.175 e. The van der Waals surface area contributed by atoms with Gasteiger partial charge in [-0.15, -0.1) is 0 Å². The van der Waals surface area contributed by atoms with Crippen LogP contribution in [0.5, 0.6) is 0 Å². The highest BCUT2D eigenvalue weighted by Gasteiger charge is 2.18. The Morgan fingerprint density at radius 3 is 2.50 bits per heavy atom. The van der Waals surface area contributed by atoms with Crippen molar-refractivity contribution < 1.29 is 13.2 Å². The third kappa shape index (κ3) is 2.88. The predicted molar refractivity (Wildman–Crippen MR) is 71.6 cm³/mol. The molecule has 2 aliphatic rings. The van der Waals surface area contributed by atoms with Crippen LogP contribution in [0, 0.1) is 5.92 Å². The Morgan fingerprint density at radius 2 is 2.06 bits per heavy atom. The molecule has 1 atom stereocenters. The number of carbonyl (C=O) groups is 1. The van der Waals surface area contributed by atoms with Crippen LogP contribution >= 0.6 is 0 Å². The first kappa shape index (κ1) is 13.0. The van der Waals surface area contributed by atoms with Crippen molar-refractivity contribution in [1.82, 2.24) is 0 Å². The molecule has 0 spiro atoms. The molecule has 2 aliphatic carbocycles. The van der Waals surface area contributed by atoms with Crippen molar-refractivity contribution in [2.24, 2.45) is 5.92 Å². The molecule has 0 aromatic carbocycles. The van der Waals surface area contributed by atoms with Gasteiger partial charge in [-0.25, -0.2) is 8.42 Å². The number of carbonyl (C=O) groups excluding carboxylic acids is 1. The lowest BCUT2D eigenvalue weighted by Crippen LogP contribution is -2.09. The van der Waals surface area contributed by atoms with Crippen molar-refractivity contribution in [3.8, 4) is 0 Å². The predicted octanol–water partition coefficient (Wildman–Crippen LogP) is 2.34. The van der Waals surface area contributed by atoms with Gasteiger partial charge in [0.1, 0.15) is 6.29 Å². The largest absolute Gasteiger partial charge is 0.298 e. The molecule has 2 rings (SSSR count). The molecule has 0 amide bonds. The fraction of sp³-hybridized carbons (Fsp3) is 0.357. The van der Waals surface area contributed by atoms with Gasteiger partial charge in [0.05, 0.1) is 4.91 Å². The second-order valence-electron chi connectivity index (χ2n) is 4.68. The normalized spacial score (nSPS) is 24.1. The van der Waals surface area contributed by atoms with Crippen LogP contribution < -0.4 is 0 Å². The van der Waals surface area contributed by atoms with E-state index in [1.54, 1.807) is 12.2 Å². The molecular weight excluding hydrogens is 248 g/mol. The van der Waals surface area contributed by atoms with Gasteiger partial charge in [0.15, 0.2) is 9.84 Å². The molecule has 0 aliphatic heterocycles. The molecular formula is C14H16O3S. The molecule has 0 fully saturated rings. The number of hydrogen-bond donors (Lipinski definition) is 0. The molecule has 0 saturated heterocycles. The molecule has 0 aromatic heterocycles. The molecule has 0 saturated carbocycles. The highest BCUT2D eigenvalue weighted by Crippen LogP contribution is 2.30. The second kappa shape index (κ2) is 5.06. The maximum absolute atomic E-state index is 11.4.